The number of ether oxygens (including phenoxy) is 1. The molecule has 2 aromatic heterocycles. The summed E-state index contributed by atoms with van der Waals surface area (Å²) in [5.74, 6) is 2.54. The number of benzene rings is 2. The summed E-state index contributed by atoms with van der Waals surface area (Å²) in [5, 5.41) is 1.54. The Hall–Kier alpha value is -2.22. The average molecular weight is 509 g/mol. The highest BCUT2D eigenvalue weighted by Gasteiger charge is 2.31. The smallest absolute Gasteiger partial charge is 0.267 e. The molecule has 0 radical (unpaired) electrons. The van der Waals surface area contributed by atoms with Crippen molar-refractivity contribution in [1.29, 1.82) is 0 Å². The number of hydrogen-bond acceptors (Lipinski definition) is 6. The zero-order valence-electron chi connectivity index (χ0n) is 19.8. The zero-order chi connectivity index (χ0) is 23.9. The lowest BCUT2D eigenvalue weighted by atomic mass is 10.00. The first-order chi connectivity index (χ1) is 16.3. The van der Waals surface area contributed by atoms with Crippen LogP contribution in [0.25, 0.3) is 15.9 Å². The number of thiophene rings is 1. The Labute approximate surface area is 212 Å². The van der Waals surface area contributed by atoms with E-state index in [9.17, 15) is 4.79 Å². The lowest BCUT2D eigenvalue weighted by molar-refractivity contribution is 0.242. The molecule has 0 aliphatic carbocycles. The average Bonchev–Trinajstić information content (AvgIpc) is 3.15. The second-order valence-corrected chi connectivity index (χ2v) is 13.1. The maximum Gasteiger partial charge on any atom is 0.267 e. The van der Waals surface area contributed by atoms with Crippen LogP contribution in [0.2, 0.25) is 0 Å². The highest BCUT2D eigenvalue weighted by atomic mass is 32.2. The van der Waals surface area contributed by atoms with E-state index in [0.29, 0.717) is 0 Å². The largest absolute Gasteiger partial charge is 0.491 e. The van der Waals surface area contributed by atoms with Gasteiger partial charge in [-0.3, -0.25) is 9.36 Å². The summed E-state index contributed by atoms with van der Waals surface area (Å²) in [6.45, 7) is 8.57. The third-order valence-corrected chi connectivity index (χ3v) is 9.43. The van der Waals surface area contributed by atoms with E-state index in [4.69, 9.17) is 9.72 Å². The molecule has 0 atom stereocenters. The van der Waals surface area contributed by atoms with Crippen molar-refractivity contribution >= 4 is 45.1 Å². The van der Waals surface area contributed by atoms with E-state index in [2.05, 4.69) is 26.0 Å². The summed E-state index contributed by atoms with van der Waals surface area (Å²) >= 11 is 5.25. The predicted octanol–water partition coefficient (Wildman–Crippen LogP) is 7.09. The molecule has 0 fully saturated rings. The summed E-state index contributed by atoms with van der Waals surface area (Å²) in [7, 11) is 0. The van der Waals surface area contributed by atoms with Crippen LogP contribution in [0.5, 0.6) is 5.75 Å². The van der Waals surface area contributed by atoms with Gasteiger partial charge in [-0.05, 0) is 55.7 Å². The molecule has 0 spiro atoms. The summed E-state index contributed by atoms with van der Waals surface area (Å²) in [5.41, 5.74) is 3.26. The number of fused-ring (bicyclic) bond motifs is 3. The Bertz CT molecular complexity index is 1370. The van der Waals surface area contributed by atoms with Crippen molar-refractivity contribution in [3.63, 3.8) is 0 Å². The fourth-order valence-electron chi connectivity index (χ4n) is 4.16. The topological polar surface area (TPSA) is 44.1 Å². The minimum atomic E-state index is 0.0413. The zero-order valence-corrected chi connectivity index (χ0v) is 22.3. The quantitative estimate of drug-likeness (QED) is 0.205. The van der Waals surface area contributed by atoms with Crippen LogP contribution in [0.15, 0.2) is 64.5 Å². The Kier molecular flexibility index (Phi) is 6.53. The molecule has 0 N–H and O–H groups in total. The van der Waals surface area contributed by atoms with Crippen molar-refractivity contribution in [2.24, 2.45) is 0 Å². The van der Waals surface area contributed by atoms with Crippen LogP contribution in [0.3, 0.4) is 0 Å². The first-order valence-corrected chi connectivity index (χ1v) is 14.2. The summed E-state index contributed by atoms with van der Waals surface area (Å²) in [6.07, 6.45) is 1.05. The minimum Gasteiger partial charge on any atom is -0.491 e. The van der Waals surface area contributed by atoms with Crippen molar-refractivity contribution in [2.45, 2.75) is 61.6 Å². The number of nitrogens with zero attached hydrogens (tertiary/aromatic N) is 2. The normalized spacial score (nSPS) is 15.0. The van der Waals surface area contributed by atoms with Gasteiger partial charge in [0.2, 0.25) is 0 Å². The number of para-hydroxylation sites is 1. The molecular formula is C27H28N2O2S3. The van der Waals surface area contributed by atoms with E-state index < -0.39 is 0 Å². The molecule has 0 unspecified atom stereocenters. The van der Waals surface area contributed by atoms with E-state index in [1.807, 2.05) is 68.1 Å². The Balaban J connectivity index is 1.55. The van der Waals surface area contributed by atoms with Crippen molar-refractivity contribution < 1.29 is 4.74 Å². The molecule has 0 saturated carbocycles. The molecule has 0 amide bonds. The highest BCUT2D eigenvalue weighted by molar-refractivity contribution is 8.00. The molecule has 2 aromatic carbocycles. The molecule has 3 heterocycles. The SMILES string of the molecule is CC(C)Oc1ccc(CSc2nc3sc4c(c3c(=O)n2-c2ccccc2)CC(C)(C)SC4)cc1. The van der Waals surface area contributed by atoms with Gasteiger partial charge >= 0.3 is 0 Å². The molecule has 0 bridgehead atoms. The van der Waals surface area contributed by atoms with Crippen LogP contribution in [0.1, 0.15) is 43.7 Å². The number of aromatic nitrogens is 2. The molecule has 0 saturated heterocycles. The van der Waals surface area contributed by atoms with Crippen LogP contribution in [-0.4, -0.2) is 20.4 Å². The standard InChI is InChI=1S/C27H28N2O2S3/c1-17(2)31-20-12-10-18(11-13-20)15-32-26-28-24-23(21-14-27(3,4)33-16-22(21)34-24)25(30)29(26)19-8-6-5-7-9-19/h5-13,17H,14-16H2,1-4H3. The van der Waals surface area contributed by atoms with E-state index in [0.717, 1.165) is 44.7 Å². The monoisotopic (exact) mass is 508 g/mol. The van der Waals surface area contributed by atoms with Gasteiger partial charge in [-0.1, -0.05) is 55.9 Å². The maximum atomic E-state index is 13.9. The molecule has 1 aliphatic rings. The number of hydrogen-bond donors (Lipinski definition) is 0. The van der Waals surface area contributed by atoms with E-state index >= 15 is 0 Å². The molecule has 4 aromatic rings. The lowest BCUT2D eigenvalue weighted by Gasteiger charge is -2.28. The Morgan fingerprint density at radius 2 is 1.85 bits per heavy atom. The van der Waals surface area contributed by atoms with Crippen molar-refractivity contribution in [2.75, 3.05) is 0 Å². The highest BCUT2D eigenvalue weighted by Crippen LogP contribution is 2.44. The van der Waals surface area contributed by atoms with Crippen molar-refractivity contribution in [1.82, 2.24) is 9.55 Å². The second-order valence-electron chi connectivity index (χ2n) is 9.38. The molecule has 4 nitrogen and oxygen atoms in total. The van der Waals surface area contributed by atoms with Gasteiger partial charge in [-0.15, -0.1) is 23.1 Å². The molecule has 176 valence electrons. The molecule has 34 heavy (non-hydrogen) atoms. The first-order valence-electron chi connectivity index (χ1n) is 11.5. The van der Waals surface area contributed by atoms with Crippen LogP contribution < -0.4 is 10.3 Å². The lowest BCUT2D eigenvalue weighted by Crippen LogP contribution is -2.26. The van der Waals surface area contributed by atoms with E-state index in [-0.39, 0.29) is 16.4 Å². The molecular weight excluding hydrogens is 481 g/mol. The van der Waals surface area contributed by atoms with Gasteiger partial charge in [-0.25, -0.2) is 4.98 Å². The van der Waals surface area contributed by atoms with Gasteiger partial charge < -0.3 is 4.74 Å². The van der Waals surface area contributed by atoms with Crippen molar-refractivity contribution in [3.05, 3.63) is 81.0 Å². The minimum absolute atomic E-state index is 0.0413. The number of thioether (sulfide) groups is 2. The van der Waals surface area contributed by atoms with Gasteiger partial charge in [0, 0.05) is 21.1 Å². The Morgan fingerprint density at radius 1 is 1.12 bits per heavy atom. The predicted molar refractivity (Wildman–Crippen MR) is 146 cm³/mol. The van der Waals surface area contributed by atoms with Gasteiger partial charge in [0.1, 0.15) is 10.6 Å². The van der Waals surface area contributed by atoms with Crippen LogP contribution in [-0.2, 0) is 17.9 Å². The van der Waals surface area contributed by atoms with E-state index in [1.54, 1.807) is 27.7 Å². The van der Waals surface area contributed by atoms with Gasteiger partial charge in [0.15, 0.2) is 5.16 Å². The summed E-state index contributed by atoms with van der Waals surface area (Å²) in [4.78, 5) is 21.2. The number of rotatable bonds is 6. The summed E-state index contributed by atoms with van der Waals surface area (Å²) < 4.78 is 7.69. The van der Waals surface area contributed by atoms with Crippen molar-refractivity contribution in [3.8, 4) is 11.4 Å². The van der Waals surface area contributed by atoms with Crippen LogP contribution in [0, 0.1) is 0 Å². The Morgan fingerprint density at radius 3 is 2.56 bits per heavy atom. The van der Waals surface area contributed by atoms with Gasteiger partial charge in [0.25, 0.3) is 5.56 Å². The fourth-order valence-corrected chi connectivity index (χ4v) is 7.51. The molecule has 1 aliphatic heterocycles. The molecule has 7 heteroatoms. The second kappa shape index (κ2) is 9.44. The first kappa shape index (κ1) is 23.5. The van der Waals surface area contributed by atoms with Gasteiger partial charge in [-0.2, -0.15) is 0 Å². The van der Waals surface area contributed by atoms with Crippen LogP contribution in [0.4, 0.5) is 0 Å². The third kappa shape index (κ3) is 4.79. The summed E-state index contributed by atoms with van der Waals surface area (Å²) in [6, 6.07) is 18.0. The van der Waals surface area contributed by atoms with Gasteiger partial charge in [0.05, 0.1) is 17.2 Å². The fraction of sp³-hybridized carbons (Fsp3) is 0.333. The van der Waals surface area contributed by atoms with Crippen LogP contribution >= 0.6 is 34.9 Å². The maximum absolute atomic E-state index is 13.9. The van der Waals surface area contributed by atoms with E-state index in [1.165, 1.54) is 16.0 Å². The third-order valence-electron chi connectivity index (χ3n) is 5.75. The molecule has 5 rings (SSSR count).